The first kappa shape index (κ1) is 16.1. The molecule has 4 rings (SSSR count). The molecule has 1 N–H and O–H groups in total. The van der Waals surface area contributed by atoms with Gasteiger partial charge in [0.05, 0.1) is 28.7 Å². The summed E-state index contributed by atoms with van der Waals surface area (Å²) >= 11 is 6.19. The zero-order chi connectivity index (χ0) is 17.4. The first-order valence-electron chi connectivity index (χ1n) is 8.21. The topological polar surface area (TPSA) is 58.2 Å². The van der Waals surface area contributed by atoms with Gasteiger partial charge in [0.25, 0.3) is 5.91 Å². The Balaban J connectivity index is 1.72. The molecule has 0 spiro atoms. The summed E-state index contributed by atoms with van der Waals surface area (Å²) in [7, 11) is 1.65. The highest BCUT2D eigenvalue weighted by Crippen LogP contribution is 2.31. The van der Waals surface area contributed by atoms with Gasteiger partial charge in [-0.15, -0.1) is 0 Å². The number of hydrogen-bond donors (Lipinski definition) is 1. The molecule has 0 saturated heterocycles. The van der Waals surface area contributed by atoms with Crippen LogP contribution in [-0.4, -0.2) is 41.0 Å². The van der Waals surface area contributed by atoms with Crippen LogP contribution in [0, 0.1) is 0 Å². The number of ether oxygens (including phenoxy) is 1. The number of nitrogens with one attached hydrogen (secondary N) is 1. The Kier molecular flexibility index (Phi) is 4.19. The summed E-state index contributed by atoms with van der Waals surface area (Å²) in [5, 5.41) is 0.557. The minimum Gasteiger partial charge on any atom is -0.382 e. The number of methoxy groups -OCH3 is 1. The van der Waals surface area contributed by atoms with Gasteiger partial charge in [0.1, 0.15) is 0 Å². The lowest BCUT2D eigenvalue weighted by Crippen LogP contribution is -2.42. The first-order chi connectivity index (χ1) is 12.2. The van der Waals surface area contributed by atoms with E-state index in [4.69, 9.17) is 16.3 Å². The third kappa shape index (κ3) is 2.79. The van der Waals surface area contributed by atoms with Crippen molar-refractivity contribution in [3.8, 4) is 0 Å². The monoisotopic (exact) mass is 355 g/mol. The molecule has 128 valence electrons. The van der Waals surface area contributed by atoms with Gasteiger partial charge in [-0.2, -0.15) is 0 Å². The van der Waals surface area contributed by atoms with Crippen LogP contribution >= 0.6 is 11.6 Å². The number of H-pyrrole nitrogens is 1. The van der Waals surface area contributed by atoms with Crippen LogP contribution in [0.2, 0.25) is 5.02 Å². The molecule has 0 radical (unpaired) electrons. The second-order valence-corrected chi connectivity index (χ2v) is 6.55. The van der Waals surface area contributed by atoms with Crippen LogP contribution in [0.3, 0.4) is 0 Å². The number of rotatable bonds is 3. The van der Waals surface area contributed by atoms with Gasteiger partial charge in [0.2, 0.25) is 0 Å². The van der Waals surface area contributed by atoms with E-state index in [0.29, 0.717) is 35.0 Å². The number of carbonyl (C=O) groups is 1. The molecule has 0 aliphatic carbocycles. The molecule has 1 aliphatic heterocycles. The smallest absolute Gasteiger partial charge is 0.290 e. The number of halogens is 1. The van der Waals surface area contributed by atoms with E-state index in [0.717, 1.165) is 12.0 Å². The molecule has 0 bridgehead atoms. The molecular formula is C19H18ClN3O2. The molecule has 0 fully saturated rings. The van der Waals surface area contributed by atoms with Gasteiger partial charge in [0.15, 0.2) is 5.82 Å². The average Bonchev–Trinajstić information content (AvgIpc) is 3.07. The van der Waals surface area contributed by atoms with Crippen LogP contribution in [0.4, 0.5) is 0 Å². The van der Waals surface area contributed by atoms with Gasteiger partial charge in [-0.05, 0) is 29.7 Å². The molecule has 25 heavy (non-hydrogen) atoms. The zero-order valence-corrected chi connectivity index (χ0v) is 14.6. The molecule has 1 aliphatic rings. The predicted molar refractivity (Wildman–Crippen MR) is 96.9 cm³/mol. The largest absolute Gasteiger partial charge is 0.382 e. The number of imidazole rings is 1. The third-order valence-corrected chi connectivity index (χ3v) is 4.98. The van der Waals surface area contributed by atoms with Crippen molar-refractivity contribution in [2.45, 2.75) is 12.5 Å². The standard InChI is InChI=1S/C19H18ClN3O2/c1-25-11-16-13-6-3-2-5-12(13)9-10-23(16)19(24)18-21-15-8-4-7-14(20)17(15)22-18/h2-8,16H,9-11H2,1H3,(H,21,22). The second-order valence-electron chi connectivity index (χ2n) is 6.14. The molecule has 0 saturated carbocycles. The van der Waals surface area contributed by atoms with Gasteiger partial charge in [-0.3, -0.25) is 4.79 Å². The predicted octanol–water partition coefficient (Wildman–Crippen LogP) is 3.60. The number of hydrogen-bond acceptors (Lipinski definition) is 3. The van der Waals surface area contributed by atoms with E-state index >= 15 is 0 Å². The molecule has 2 heterocycles. The Morgan fingerprint density at radius 3 is 2.96 bits per heavy atom. The SMILES string of the molecule is COCC1c2ccccc2CCN1C(=O)c1nc2cccc(Cl)c2[nH]1. The minimum absolute atomic E-state index is 0.119. The lowest BCUT2D eigenvalue weighted by molar-refractivity contribution is 0.0492. The summed E-state index contributed by atoms with van der Waals surface area (Å²) in [6.45, 7) is 1.08. The Morgan fingerprint density at radius 1 is 1.32 bits per heavy atom. The van der Waals surface area contributed by atoms with E-state index in [1.54, 1.807) is 13.2 Å². The number of benzene rings is 2. The Morgan fingerprint density at radius 2 is 2.16 bits per heavy atom. The number of aromatic nitrogens is 2. The van der Waals surface area contributed by atoms with Crippen LogP contribution in [0.15, 0.2) is 42.5 Å². The van der Waals surface area contributed by atoms with Crippen LogP contribution in [0.1, 0.15) is 27.8 Å². The minimum atomic E-state index is -0.135. The molecule has 3 aromatic rings. The average molecular weight is 356 g/mol. The Labute approximate surface area is 150 Å². The molecule has 6 heteroatoms. The van der Waals surface area contributed by atoms with Crippen molar-refractivity contribution in [2.24, 2.45) is 0 Å². The number of aromatic amines is 1. The maximum Gasteiger partial charge on any atom is 0.290 e. The van der Waals surface area contributed by atoms with Crippen LogP contribution in [0.5, 0.6) is 0 Å². The Bertz CT molecular complexity index is 937. The maximum absolute atomic E-state index is 13.1. The summed E-state index contributed by atoms with van der Waals surface area (Å²) in [6, 6.07) is 13.5. The van der Waals surface area contributed by atoms with Crippen molar-refractivity contribution in [3.05, 3.63) is 64.4 Å². The van der Waals surface area contributed by atoms with E-state index in [9.17, 15) is 4.79 Å². The first-order valence-corrected chi connectivity index (χ1v) is 8.59. The normalized spacial score (nSPS) is 16.9. The molecule has 5 nitrogen and oxygen atoms in total. The molecule has 1 unspecified atom stereocenters. The Hall–Kier alpha value is -2.37. The lowest BCUT2D eigenvalue weighted by atomic mass is 9.93. The van der Waals surface area contributed by atoms with E-state index in [2.05, 4.69) is 22.1 Å². The fourth-order valence-corrected chi connectivity index (χ4v) is 3.68. The summed E-state index contributed by atoms with van der Waals surface area (Å²) in [5.74, 6) is 0.174. The fourth-order valence-electron chi connectivity index (χ4n) is 3.47. The highest BCUT2D eigenvalue weighted by Gasteiger charge is 2.32. The van der Waals surface area contributed by atoms with Crippen molar-refractivity contribution in [1.29, 1.82) is 0 Å². The van der Waals surface area contributed by atoms with E-state index < -0.39 is 0 Å². The van der Waals surface area contributed by atoms with E-state index in [1.165, 1.54) is 5.56 Å². The number of carbonyl (C=O) groups excluding carboxylic acids is 1. The van der Waals surface area contributed by atoms with Gasteiger partial charge in [0, 0.05) is 13.7 Å². The van der Waals surface area contributed by atoms with Gasteiger partial charge < -0.3 is 14.6 Å². The molecule has 2 aromatic carbocycles. The highest BCUT2D eigenvalue weighted by molar-refractivity contribution is 6.35. The van der Waals surface area contributed by atoms with Crippen LogP contribution in [0.25, 0.3) is 11.0 Å². The van der Waals surface area contributed by atoms with Gasteiger partial charge >= 0.3 is 0 Å². The van der Waals surface area contributed by atoms with Gasteiger partial charge in [-0.1, -0.05) is 41.9 Å². The number of fused-ring (bicyclic) bond motifs is 2. The molecular weight excluding hydrogens is 338 g/mol. The third-order valence-electron chi connectivity index (χ3n) is 4.67. The summed E-state index contributed by atoms with van der Waals surface area (Å²) in [5.41, 5.74) is 3.78. The fraction of sp³-hybridized carbons (Fsp3) is 0.263. The van der Waals surface area contributed by atoms with E-state index in [1.807, 2.05) is 29.2 Å². The van der Waals surface area contributed by atoms with Gasteiger partial charge in [-0.25, -0.2) is 4.98 Å². The van der Waals surface area contributed by atoms with Crippen molar-refractivity contribution in [3.63, 3.8) is 0 Å². The summed E-state index contributed by atoms with van der Waals surface area (Å²) in [4.78, 5) is 22.4. The number of amides is 1. The highest BCUT2D eigenvalue weighted by atomic mass is 35.5. The lowest BCUT2D eigenvalue weighted by Gasteiger charge is -2.36. The van der Waals surface area contributed by atoms with Crippen molar-refractivity contribution < 1.29 is 9.53 Å². The molecule has 1 atom stereocenters. The second kappa shape index (κ2) is 6.50. The molecule has 1 amide bonds. The van der Waals surface area contributed by atoms with Crippen molar-refractivity contribution in [1.82, 2.24) is 14.9 Å². The van der Waals surface area contributed by atoms with Crippen LogP contribution in [-0.2, 0) is 11.2 Å². The zero-order valence-electron chi connectivity index (χ0n) is 13.8. The number of para-hydroxylation sites is 1. The van der Waals surface area contributed by atoms with Crippen molar-refractivity contribution in [2.75, 3.05) is 20.3 Å². The quantitative estimate of drug-likeness (QED) is 0.781. The van der Waals surface area contributed by atoms with Crippen LogP contribution < -0.4 is 0 Å². The number of nitrogens with zero attached hydrogens (tertiary/aromatic N) is 2. The summed E-state index contributed by atoms with van der Waals surface area (Å²) in [6.07, 6.45) is 0.823. The maximum atomic E-state index is 13.1. The van der Waals surface area contributed by atoms with Crippen molar-refractivity contribution >= 4 is 28.5 Å². The molecule has 1 aromatic heterocycles. The summed E-state index contributed by atoms with van der Waals surface area (Å²) < 4.78 is 5.39. The van der Waals surface area contributed by atoms with E-state index in [-0.39, 0.29) is 11.9 Å².